The Balaban J connectivity index is 0.000000358. The maximum atomic E-state index is 13.0. The second kappa shape index (κ2) is 23.8. The van der Waals surface area contributed by atoms with Crippen molar-refractivity contribution in [1.82, 2.24) is 0 Å². The molecule has 5 aromatic rings. The van der Waals surface area contributed by atoms with Gasteiger partial charge in [-0.1, -0.05) is 52.3 Å². The Kier molecular flexibility index (Phi) is 21.2. The highest BCUT2D eigenvalue weighted by molar-refractivity contribution is 9.10. The third-order valence-corrected chi connectivity index (χ3v) is 8.07. The summed E-state index contributed by atoms with van der Waals surface area (Å²) in [6, 6.07) is 19.5. The van der Waals surface area contributed by atoms with E-state index in [1.165, 1.54) is 42.5 Å². The molecule has 5 nitrogen and oxygen atoms in total. The largest absolute Gasteiger partial charge is 0.419 e. The fourth-order valence-electron chi connectivity index (χ4n) is 4.37. The molecule has 0 heterocycles. The Bertz CT molecular complexity index is 1930. The molecule has 5 unspecified atom stereocenters. The lowest BCUT2D eigenvalue weighted by molar-refractivity contribution is -0.140. The average molecular weight is 879 g/mol. The van der Waals surface area contributed by atoms with Gasteiger partial charge < -0.3 is 28.7 Å². The van der Waals surface area contributed by atoms with Crippen LogP contribution >= 0.6 is 15.9 Å². The molecule has 0 spiro atoms. The number of hydrogen-bond donors (Lipinski definition) is 5. The van der Waals surface area contributed by atoms with Crippen molar-refractivity contribution >= 4 is 15.9 Å². The fourth-order valence-corrected chi connectivity index (χ4v) is 4.70. The van der Waals surface area contributed by atoms with Crippen molar-refractivity contribution in [1.29, 1.82) is 0 Å². The minimum absolute atomic E-state index is 0.0873. The first-order valence-electron chi connectivity index (χ1n) is 17.1. The maximum Gasteiger partial charge on any atom is 0.419 e. The summed E-state index contributed by atoms with van der Waals surface area (Å²) in [6.45, 7) is 8.52. The van der Waals surface area contributed by atoms with Gasteiger partial charge in [0.1, 0.15) is 29.1 Å². The number of benzene rings is 5. The summed E-state index contributed by atoms with van der Waals surface area (Å²) in [5, 5.41) is 0. The molecule has 5 aromatic carbocycles. The molecule has 0 aliphatic heterocycles. The Labute approximate surface area is 334 Å². The van der Waals surface area contributed by atoms with E-state index in [4.69, 9.17) is 28.7 Å². The van der Waals surface area contributed by atoms with Gasteiger partial charge in [-0.25, -0.2) is 30.7 Å². The van der Waals surface area contributed by atoms with Gasteiger partial charge in [-0.2, -0.15) is 13.2 Å². The summed E-state index contributed by atoms with van der Waals surface area (Å²) in [5.74, 6) is -4.61. The van der Waals surface area contributed by atoms with Crippen LogP contribution in [-0.4, -0.2) is 0 Å². The molecule has 5 atom stereocenters. The number of hydrogen-bond acceptors (Lipinski definition) is 5. The van der Waals surface area contributed by atoms with Gasteiger partial charge in [0, 0.05) is 51.9 Å². The molecule has 0 fully saturated rings. The number of rotatable bonds is 5. The van der Waals surface area contributed by atoms with Crippen LogP contribution in [-0.2, 0) is 6.18 Å². The van der Waals surface area contributed by atoms with Crippen molar-refractivity contribution in [2.75, 3.05) is 0 Å². The zero-order chi connectivity index (χ0) is 43.8. The van der Waals surface area contributed by atoms with Crippen LogP contribution in [0.2, 0.25) is 0 Å². The van der Waals surface area contributed by atoms with E-state index < -0.39 is 52.9 Å². The normalized spacial score (nSPS) is 13.4. The minimum atomic E-state index is -4.65. The van der Waals surface area contributed by atoms with E-state index in [0.29, 0.717) is 28.3 Å². The molecule has 0 amide bonds. The SMILES string of the molecule is CC(N)c1ccc(Br)cc1F.CC(N)c1ccc(C(F)(F)F)c(F)c1.CC(N)c1ccc(F)c(F)c1.CC(N)c1ccc(F)cc1F.CC(N)c1cccc(F)c1. The van der Waals surface area contributed by atoms with E-state index >= 15 is 0 Å². The molecule has 0 aliphatic rings. The number of alkyl halides is 3. The van der Waals surface area contributed by atoms with Crippen LogP contribution in [0.25, 0.3) is 0 Å². The third kappa shape index (κ3) is 18.2. The lowest BCUT2D eigenvalue weighted by Gasteiger charge is -2.10. The summed E-state index contributed by atoms with van der Waals surface area (Å²) in [4.78, 5) is 0. The van der Waals surface area contributed by atoms with Crippen LogP contribution in [0.4, 0.5) is 43.9 Å². The lowest BCUT2D eigenvalue weighted by atomic mass is 10.1. The highest BCUT2D eigenvalue weighted by Crippen LogP contribution is 2.32. The van der Waals surface area contributed by atoms with Gasteiger partial charge in [-0.3, -0.25) is 0 Å². The molecule has 10 N–H and O–H groups in total. The van der Waals surface area contributed by atoms with Gasteiger partial charge in [-0.05, 0) is 106 Å². The molecule has 0 saturated carbocycles. The molecule has 16 heteroatoms. The monoisotopic (exact) mass is 877 g/mol. The first-order chi connectivity index (χ1) is 26.3. The van der Waals surface area contributed by atoms with Gasteiger partial charge in [0.2, 0.25) is 0 Å². The second-order valence-electron chi connectivity index (χ2n) is 12.7. The topological polar surface area (TPSA) is 130 Å². The number of halogens is 11. The van der Waals surface area contributed by atoms with Gasteiger partial charge >= 0.3 is 6.18 Å². The summed E-state index contributed by atoms with van der Waals surface area (Å²) < 4.78 is 125. The quantitative estimate of drug-likeness (QED) is 0.112. The average Bonchev–Trinajstić information content (AvgIpc) is 3.09. The van der Waals surface area contributed by atoms with Crippen LogP contribution < -0.4 is 28.7 Å². The Morgan fingerprint density at radius 3 is 1.25 bits per heavy atom. The molecule has 57 heavy (non-hydrogen) atoms. The first kappa shape index (κ1) is 50.7. The standard InChI is InChI=1S/C9H9F4N.C8H9BrFN.2C8H9F2N.C8H10FN/c1-5(14)6-2-3-7(8(10)4-6)9(11,12)13;2*1-5(11)7-3-2-6(9)4-8(7)10;1-5(11)6-2-3-7(9)8(10)4-6;1-6(10)7-3-2-4-8(9)5-7/h2-5H,14H2,1H3;3*2-5H,11H2,1H3;2-6H,10H2,1H3. The van der Waals surface area contributed by atoms with E-state index in [-0.39, 0.29) is 29.8 Å². The van der Waals surface area contributed by atoms with Crippen LogP contribution in [0.3, 0.4) is 0 Å². The van der Waals surface area contributed by atoms with Gasteiger partial charge in [0.15, 0.2) is 11.6 Å². The minimum Gasteiger partial charge on any atom is -0.324 e. The molecule has 0 bridgehead atoms. The van der Waals surface area contributed by atoms with Crippen molar-refractivity contribution in [3.63, 3.8) is 0 Å². The van der Waals surface area contributed by atoms with Gasteiger partial charge in [0.05, 0.1) is 5.56 Å². The maximum absolute atomic E-state index is 13.0. The van der Waals surface area contributed by atoms with Crippen LogP contribution in [0.1, 0.15) is 98.2 Å². The summed E-state index contributed by atoms with van der Waals surface area (Å²) >= 11 is 3.16. The van der Waals surface area contributed by atoms with Crippen molar-refractivity contribution < 1.29 is 43.9 Å². The fraction of sp³-hybridized carbons (Fsp3) is 0.268. The predicted octanol–water partition coefficient (Wildman–Crippen LogP) is 11.3. The highest BCUT2D eigenvalue weighted by Gasteiger charge is 2.34. The second-order valence-corrected chi connectivity index (χ2v) is 13.7. The van der Waals surface area contributed by atoms with E-state index in [9.17, 15) is 43.9 Å². The molecule has 0 radical (unpaired) electrons. The van der Waals surface area contributed by atoms with Crippen molar-refractivity contribution in [2.45, 2.75) is 71.0 Å². The van der Waals surface area contributed by atoms with Crippen molar-refractivity contribution in [3.05, 3.63) is 176 Å². The molecular formula is C41H46BrF10N5. The van der Waals surface area contributed by atoms with E-state index in [1.807, 2.05) is 13.0 Å². The van der Waals surface area contributed by atoms with Crippen LogP contribution in [0.15, 0.2) is 102 Å². The van der Waals surface area contributed by atoms with E-state index in [2.05, 4.69) is 15.9 Å². The first-order valence-corrected chi connectivity index (χ1v) is 17.9. The molecular weight excluding hydrogens is 832 g/mol. The zero-order valence-corrected chi connectivity index (χ0v) is 33.3. The van der Waals surface area contributed by atoms with Gasteiger partial charge in [-0.15, -0.1) is 0 Å². The van der Waals surface area contributed by atoms with Gasteiger partial charge in [0.25, 0.3) is 0 Å². The third-order valence-electron chi connectivity index (χ3n) is 7.57. The van der Waals surface area contributed by atoms with E-state index in [0.717, 1.165) is 34.3 Å². The molecule has 5 rings (SSSR count). The Morgan fingerprint density at radius 1 is 0.421 bits per heavy atom. The number of nitrogens with two attached hydrogens (primary N) is 5. The predicted molar refractivity (Wildman–Crippen MR) is 208 cm³/mol. The Morgan fingerprint density at radius 2 is 0.860 bits per heavy atom. The summed E-state index contributed by atoms with van der Waals surface area (Å²) in [7, 11) is 0. The van der Waals surface area contributed by atoms with Crippen LogP contribution in [0, 0.1) is 40.7 Å². The zero-order valence-electron chi connectivity index (χ0n) is 31.7. The van der Waals surface area contributed by atoms with E-state index in [1.54, 1.807) is 45.9 Å². The lowest BCUT2D eigenvalue weighted by Crippen LogP contribution is -2.11. The smallest absolute Gasteiger partial charge is 0.324 e. The van der Waals surface area contributed by atoms with Crippen molar-refractivity contribution in [2.24, 2.45) is 28.7 Å². The molecule has 0 saturated heterocycles. The van der Waals surface area contributed by atoms with Crippen molar-refractivity contribution in [3.8, 4) is 0 Å². The highest BCUT2D eigenvalue weighted by atomic mass is 79.9. The molecule has 0 aromatic heterocycles. The summed E-state index contributed by atoms with van der Waals surface area (Å²) in [5.41, 5.74) is 28.7. The Hall–Kier alpha value is -4.32. The summed E-state index contributed by atoms with van der Waals surface area (Å²) in [6.07, 6.45) is -4.65. The van der Waals surface area contributed by atoms with Crippen LogP contribution in [0.5, 0.6) is 0 Å². The molecule has 312 valence electrons. The molecule has 0 aliphatic carbocycles.